The molecule has 0 radical (unpaired) electrons. The Hall–Kier alpha value is -2.87. The first kappa shape index (κ1) is 18.9. The maximum atomic E-state index is 12.5. The number of amides is 1. The van der Waals surface area contributed by atoms with E-state index in [0.29, 0.717) is 35.5 Å². The molecule has 0 aliphatic carbocycles. The number of benzene rings is 2. The van der Waals surface area contributed by atoms with Crippen molar-refractivity contribution < 1.29 is 22.7 Å². The van der Waals surface area contributed by atoms with Gasteiger partial charge in [-0.25, -0.2) is 13.2 Å². The fraction of sp³-hybridized carbons (Fsp3) is 0.263. The van der Waals surface area contributed by atoms with Crippen LogP contribution in [-0.4, -0.2) is 39.7 Å². The van der Waals surface area contributed by atoms with E-state index >= 15 is 0 Å². The Labute approximate surface area is 158 Å². The Bertz CT molecular complexity index is 954. The van der Waals surface area contributed by atoms with Crippen LogP contribution in [0, 0.1) is 0 Å². The molecule has 1 N–H and O–H groups in total. The molecule has 1 saturated heterocycles. The fourth-order valence-electron chi connectivity index (χ4n) is 2.89. The van der Waals surface area contributed by atoms with Gasteiger partial charge in [-0.2, -0.15) is 0 Å². The molecule has 1 aliphatic rings. The number of hydrogen-bond acceptors (Lipinski definition) is 5. The van der Waals surface area contributed by atoms with E-state index < -0.39 is 16.0 Å². The van der Waals surface area contributed by atoms with Gasteiger partial charge in [0, 0.05) is 17.8 Å². The third kappa shape index (κ3) is 4.28. The van der Waals surface area contributed by atoms with Crippen molar-refractivity contribution >= 4 is 33.3 Å². The van der Waals surface area contributed by atoms with Crippen LogP contribution in [-0.2, 0) is 14.8 Å². The van der Waals surface area contributed by atoms with Gasteiger partial charge in [-0.05, 0) is 55.3 Å². The summed E-state index contributed by atoms with van der Waals surface area (Å²) in [4.78, 5) is 24.0. The van der Waals surface area contributed by atoms with Gasteiger partial charge >= 0.3 is 5.97 Å². The van der Waals surface area contributed by atoms with Crippen molar-refractivity contribution in [1.82, 2.24) is 0 Å². The fourth-order valence-corrected chi connectivity index (χ4v) is 4.52. The van der Waals surface area contributed by atoms with Crippen molar-refractivity contribution in [2.75, 3.05) is 29.0 Å². The molecule has 2 aromatic rings. The van der Waals surface area contributed by atoms with E-state index in [0.717, 1.165) is 6.42 Å². The Kier molecular flexibility index (Phi) is 5.46. The molecule has 142 valence electrons. The van der Waals surface area contributed by atoms with Gasteiger partial charge in [0.05, 0.1) is 24.1 Å². The molecule has 1 heterocycles. The minimum absolute atomic E-state index is 0.121. The van der Waals surface area contributed by atoms with Gasteiger partial charge in [0.1, 0.15) is 0 Å². The topological polar surface area (TPSA) is 92.8 Å². The first-order chi connectivity index (χ1) is 12.9. The molecule has 0 bridgehead atoms. The molecule has 0 spiro atoms. The van der Waals surface area contributed by atoms with Gasteiger partial charge in [0.15, 0.2) is 0 Å². The highest BCUT2D eigenvalue weighted by Gasteiger charge is 2.26. The Morgan fingerprint density at radius 3 is 2.44 bits per heavy atom. The molecule has 1 amide bonds. The van der Waals surface area contributed by atoms with Crippen LogP contribution in [0.5, 0.6) is 0 Å². The van der Waals surface area contributed by atoms with Crippen molar-refractivity contribution in [1.29, 1.82) is 0 Å². The minimum Gasteiger partial charge on any atom is -0.465 e. The number of hydrogen-bond donors (Lipinski definition) is 1. The number of rotatable bonds is 4. The summed E-state index contributed by atoms with van der Waals surface area (Å²) in [6.45, 7) is 0.419. The Morgan fingerprint density at radius 1 is 1.04 bits per heavy atom. The molecule has 2 aromatic carbocycles. The summed E-state index contributed by atoms with van der Waals surface area (Å²) in [6.07, 6.45) is 1.45. The number of carbonyl (C=O) groups excluding carboxylic acids is 2. The van der Waals surface area contributed by atoms with Crippen LogP contribution < -0.4 is 9.62 Å². The summed E-state index contributed by atoms with van der Waals surface area (Å²) in [5, 5.41) is 2.73. The maximum Gasteiger partial charge on any atom is 0.337 e. The number of nitrogens with zero attached hydrogens (tertiary/aromatic N) is 1. The average Bonchev–Trinajstić information content (AvgIpc) is 2.67. The highest BCUT2D eigenvalue weighted by Crippen LogP contribution is 2.24. The third-order valence-corrected chi connectivity index (χ3v) is 6.18. The van der Waals surface area contributed by atoms with E-state index in [1.54, 1.807) is 48.5 Å². The number of carbonyl (C=O) groups is 2. The van der Waals surface area contributed by atoms with Gasteiger partial charge in [0.2, 0.25) is 10.0 Å². The van der Waals surface area contributed by atoms with Gasteiger partial charge in [0.25, 0.3) is 5.91 Å². The number of sulfonamides is 1. The van der Waals surface area contributed by atoms with E-state index in [9.17, 15) is 18.0 Å². The predicted molar refractivity (Wildman–Crippen MR) is 103 cm³/mol. The molecule has 0 atom stereocenters. The standard InChI is InChI=1S/C19H20N2O5S/c1-26-19(23)14-7-9-16(10-8-14)20-18(22)15-5-4-6-17(13-15)21-11-2-3-12-27(21,24)25/h4-10,13H,2-3,11-12H2,1H3,(H,20,22). The number of esters is 1. The lowest BCUT2D eigenvalue weighted by Gasteiger charge is -2.28. The number of methoxy groups -OCH3 is 1. The summed E-state index contributed by atoms with van der Waals surface area (Å²) in [5.74, 6) is -0.698. The zero-order chi connectivity index (χ0) is 19.4. The summed E-state index contributed by atoms with van der Waals surface area (Å²) < 4.78 is 30.5. The van der Waals surface area contributed by atoms with Crippen LogP contribution in [0.25, 0.3) is 0 Å². The van der Waals surface area contributed by atoms with Crippen molar-refractivity contribution in [3.8, 4) is 0 Å². The summed E-state index contributed by atoms with van der Waals surface area (Å²) >= 11 is 0. The van der Waals surface area contributed by atoms with E-state index in [1.807, 2.05) is 0 Å². The zero-order valence-corrected chi connectivity index (χ0v) is 15.7. The van der Waals surface area contributed by atoms with Gasteiger partial charge < -0.3 is 10.1 Å². The number of anilines is 2. The van der Waals surface area contributed by atoms with Crippen molar-refractivity contribution in [3.63, 3.8) is 0 Å². The summed E-state index contributed by atoms with van der Waals surface area (Å²) in [7, 11) is -2.04. The summed E-state index contributed by atoms with van der Waals surface area (Å²) in [6, 6.07) is 12.8. The lowest BCUT2D eigenvalue weighted by Crippen LogP contribution is -2.37. The second-order valence-electron chi connectivity index (χ2n) is 6.17. The largest absolute Gasteiger partial charge is 0.465 e. The first-order valence-electron chi connectivity index (χ1n) is 8.51. The average molecular weight is 388 g/mol. The van der Waals surface area contributed by atoms with Crippen LogP contribution >= 0.6 is 0 Å². The van der Waals surface area contributed by atoms with Crippen molar-refractivity contribution in [3.05, 3.63) is 59.7 Å². The molecule has 27 heavy (non-hydrogen) atoms. The molecule has 0 unspecified atom stereocenters. The second kappa shape index (κ2) is 7.79. The van der Waals surface area contributed by atoms with Crippen LogP contribution in [0.2, 0.25) is 0 Å². The van der Waals surface area contributed by atoms with E-state index in [1.165, 1.54) is 11.4 Å². The monoisotopic (exact) mass is 388 g/mol. The molecule has 0 aromatic heterocycles. The lowest BCUT2D eigenvalue weighted by molar-refractivity contribution is 0.0600. The second-order valence-corrected chi connectivity index (χ2v) is 8.18. The molecular formula is C19H20N2O5S. The maximum absolute atomic E-state index is 12.5. The molecule has 0 saturated carbocycles. The van der Waals surface area contributed by atoms with E-state index in [-0.39, 0.29) is 11.7 Å². The molecule has 1 aliphatic heterocycles. The van der Waals surface area contributed by atoms with E-state index in [2.05, 4.69) is 10.1 Å². The summed E-state index contributed by atoms with van der Waals surface area (Å²) in [5.41, 5.74) is 1.74. The molecule has 3 rings (SSSR count). The zero-order valence-electron chi connectivity index (χ0n) is 14.8. The Morgan fingerprint density at radius 2 is 1.78 bits per heavy atom. The number of ether oxygens (including phenoxy) is 1. The van der Waals surface area contributed by atoms with Gasteiger partial charge in [-0.1, -0.05) is 6.07 Å². The molecular weight excluding hydrogens is 368 g/mol. The first-order valence-corrected chi connectivity index (χ1v) is 10.1. The minimum atomic E-state index is -3.34. The van der Waals surface area contributed by atoms with Crippen molar-refractivity contribution in [2.45, 2.75) is 12.8 Å². The van der Waals surface area contributed by atoms with Gasteiger partial charge in [-0.3, -0.25) is 9.10 Å². The third-order valence-electron chi connectivity index (χ3n) is 4.31. The SMILES string of the molecule is COC(=O)c1ccc(NC(=O)c2cccc(N3CCCCS3(=O)=O)c2)cc1. The number of nitrogens with one attached hydrogen (secondary N) is 1. The smallest absolute Gasteiger partial charge is 0.337 e. The predicted octanol–water partition coefficient (Wildman–Crippen LogP) is 2.66. The lowest BCUT2D eigenvalue weighted by atomic mass is 10.1. The normalized spacial score (nSPS) is 15.8. The van der Waals surface area contributed by atoms with Gasteiger partial charge in [-0.15, -0.1) is 0 Å². The van der Waals surface area contributed by atoms with Crippen molar-refractivity contribution in [2.24, 2.45) is 0 Å². The highest BCUT2D eigenvalue weighted by molar-refractivity contribution is 7.92. The van der Waals surface area contributed by atoms with Crippen LogP contribution in [0.3, 0.4) is 0 Å². The van der Waals surface area contributed by atoms with E-state index in [4.69, 9.17) is 0 Å². The Balaban J connectivity index is 1.77. The van der Waals surface area contributed by atoms with Crippen LogP contribution in [0.1, 0.15) is 33.6 Å². The molecule has 8 heteroatoms. The van der Waals surface area contributed by atoms with Crippen LogP contribution in [0.4, 0.5) is 11.4 Å². The molecule has 1 fully saturated rings. The van der Waals surface area contributed by atoms with Crippen LogP contribution in [0.15, 0.2) is 48.5 Å². The highest BCUT2D eigenvalue weighted by atomic mass is 32.2. The molecule has 7 nitrogen and oxygen atoms in total. The quantitative estimate of drug-likeness (QED) is 0.813.